The van der Waals surface area contributed by atoms with Crippen LogP contribution in [0.15, 0.2) is 12.1 Å². The number of likely N-dealkylation sites (N-methyl/N-ethyl adjacent to an activating group) is 1. The Morgan fingerprint density at radius 2 is 2.16 bits per heavy atom. The zero-order valence-electron chi connectivity index (χ0n) is 10.5. The molecule has 5 nitrogen and oxygen atoms in total. The van der Waals surface area contributed by atoms with Crippen LogP contribution in [0.4, 0.5) is 11.4 Å². The number of benzene rings is 1. The van der Waals surface area contributed by atoms with Crippen LogP contribution in [0.1, 0.15) is 0 Å². The highest BCUT2D eigenvalue weighted by Gasteiger charge is 2.30. The lowest BCUT2D eigenvalue weighted by Gasteiger charge is -2.36. The van der Waals surface area contributed by atoms with Crippen molar-refractivity contribution in [2.75, 3.05) is 37.4 Å². The summed E-state index contributed by atoms with van der Waals surface area (Å²) in [6.45, 7) is 1.42. The third-order valence-electron chi connectivity index (χ3n) is 3.06. The second-order valence-electron chi connectivity index (χ2n) is 4.22. The summed E-state index contributed by atoms with van der Waals surface area (Å²) in [6.07, 6.45) is 0. The third kappa shape index (κ3) is 2.88. The number of ether oxygens (including phenoxy) is 1. The van der Waals surface area contributed by atoms with Crippen molar-refractivity contribution in [1.29, 1.82) is 0 Å². The highest BCUT2D eigenvalue weighted by atomic mass is 35.5. The zero-order valence-corrected chi connectivity index (χ0v) is 12.0. The minimum absolute atomic E-state index is 0.120. The summed E-state index contributed by atoms with van der Waals surface area (Å²) in [5.41, 5.74) is 7.16. The van der Waals surface area contributed by atoms with Crippen LogP contribution in [0.5, 0.6) is 0 Å². The number of nitrogen functional groups attached to an aromatic ring is 1. The van der Waals surface area contributed by atoms with Gasteiger partial charge < -0.3 is 20.7 Å². The molecule has 1 unspecified atom stereocenters. The van der Waals surface area contributed by atoms with Gasteiger partial charge in [0.15, 0.2) is 0 Å². The van der Waals surface area contributed by atoms with Crippen LogP contribution >= 0.6 is 23.2 Å². The van der Waals surface area contributed by atoms with E-state index in [1.165, 1.54) is 0 Å². The largest absolute Gasteiger partial charge is 0.397 e. The van der Waals surface area contributed by atoms with Crippen molar-refractivity contribution >= 4 is 40.5 Å². The first-order valence-corrected chi connectivity index (χ1v) is 6.60. The van der Waals surface area contributed by atoms with E-state index >= 15 is 0 Å². The Morgan fingerprint density at radius 1 is 1.47 bits per heavy atom. The van der Waals surface area contributed by atoms with Crippen molar-refractivity contribution in [3.05, 3.63) is 22.2 Å². The molecule has 2 rings (SSSR count). The highest BCUT2D eigenvalue weighted by molar-refractivity contribution is 6.42. The summed E-state index contributed by atoms with van der Waals surface area (Å²) in [6, 6.07) is 2.86. The van der Waals surface area contributed by atoms with Crippen LogP contribution < -0.4 is 16.0 Å². The van der Waals surface area contributed by atoms with E-state index in [1.807, 2.05) is 4.90 Å². The van der Waals surface area contributed by atoms with Crippen LogP contribution in [0.3, 0.4) is 0 Å². The first kappa shape index (κ1) is 14.2. The number of morpholine rings is 1. The Balaban J connectivity index is 2.37. The van der Waals surface area contributed by atoms with Crippen molar-refractivity contribution < 1.29 is 9.53 Å². The van der Waals surface area contributed by atoms with Gasteiger partial charge >= 0.3 is 0 Å². The molecule has 0 saturated carbocycles. The first-order valence-electron chi connectivity index (χ1n) is 5.85. The monoisotopic (exact) mass is 303 g/mol. The molecule has 0 radical (unpaired) electrons. The third-order valence-corrected chi connectivity index (χ3v) is 3.78. The molecule has 0 aliphatic carbocycles. The number of hydrogen-bond acceptors (Lipinski definition) is 4. The fourth-order valence-electron chi connectivity index (χ4n) is 2.08. The molecule has 1 aliphatic rings. The fraction of sp³-hybridized carbons (Fsp3) is 0.417. The Hall–Kier alpha value is -1.17. The number of nitrogens with two attached hydrogens (primary N) is 1. The maximum atomic E-state index is 11.9. The van der Waals surface area contributed by atoms with Crippen molar-refractivity contribution in [3.8, 4) is 0 Å². The van der Waals surface area contributed by atoms with Crippen LogP contribution in [0.2, 0.25) is 10.0 Å². The van der Waals surface area contributed by atoms with E-state index in [-0.39, 0.29) is 5.91 Å². The molecule has 1 aromatic carbocycles. The van der Waals surface area contributed by atoms with Crippen molar-refractivity contribution in [3.63, 3.8) is 0 Å². The van der Waals surface area contributed by atoms with Crippen molar-refractivity contribution in [2.24, 2.45) is 0 Å². The smallest absolute Gasteiger partial charge is 0.244 e. The zero-order chi connectivity index (χ0) is 14.0. The number of hydrogen-bond donors (Lipinski definition) is 2. The Morgan fingerprint density at radius 3 is 2.84 bits per heavy atom. The normalized spacial score (nSPS) is 19.3. The van der Waals surface area contributed by atoms with Crippen molar-refractivity contribution in [2.45, 2.75) is 6.04 Å². The number of anilines is 2. The van der Waals surface area contributed by atoms with E-state index in [2.05, 4.69) is 5.32 Å². The Labute approximate surface area is 121 Å². The molecule has 0 spiro atoms. The predicted molar refractivity (Wildman–Crippen MR) is 76.9 cm³/mol. The van der Waals surface area contributed by atoms with Gasteiger partial charge in [0.05, 0.1) is 34.6 Å². The molecule has 0 bridgehead atoms. The first-order chi connectivity index (χ1) is 9.04. The van der Waals surface area contributed by atoms with Gasteiger partial charge in [0.2, 0.25) is 5.91 Å². The highest BCUT2D eigenvalue weighted by Crippen LogP contribution is 2.34. The van der Waals surface area contributed by atoms with E-state index < -0.39 is 6.04 Å². The van der Waals surface area contributed by atoms with E-state index in [0.717, 1.165) is 0 Å². The van der Waals surface area contributed by atoms with Gasteiger partial charge in [-0.1, -0.05) is 23.2 Å². The molecular formula is C12H15Cl2N3O2. The Bertz CT molecular complexity index is 496. The van der Waals surface area contributed by atoms with Crippen molar-refractivity contribution in [1.82, 2.24) is 5.32 Å². The summed E-state index contributed by atoms with van der Waals surface area (Å²) in [5.74, 6) is -0.120. The van der Waals surface area contributed by atoms with Gasteiger partial charge in [0, 0.05) is 13.6 Å². The van der Waals surface area contributed by atoms with Crippen LogP contribution in [-0.2, 0) is 9.53 Å². The second-order valence-corrected chi connectivity index (χ2v) is 5.04. The van der Waals surface area contributed by atoms with Gasteiger partial charge in [-0.05, 0) is 12.1 Å². The molecule has 1 aromatic rings. The lowest BCUT2D eigenvalue weighted by atomic mass is 10.1. The minimum Gasteiger partial charge on any atom is -0.397 e. The van der Waals surface area contributed by atoms with E-state index in [1.54, 1.807) is 19.2 Å². The number of nitrogens with zero attached hydrogens (tertiary/aromatic N) is 1. The van der Waals surface area contributed by atoms with Gasteiger partial charge in [-0.2, -0.15) is 0 Å². The average molecular weight is 304 g/mol. The molecule has 0 aromatic heterocycles. The summed E-state index contributed by atoms with van der Waals surface area (Å²) >= 11 is 11.9. The van der Waals surface area contributed by atoms with Gasteiger partial charge in [0.25, 0.3) is 0 Å². The standard InChI is InChI=1S/C12H15Cl2N3O2/c1-16-12(18)11-6-19-3-2-17(11)10-5-8(14)7(13)4-9(10)15/h4-5,11H,2-3,6,15H2,1H3,(H,16,18). The summed E-state index contributed by atoms with van der Waals surface area (Å²) in [7, 11) is 1.59. The summed E-state index contributed by atoms with van der Waals surface area (Å²) in [5, 5.41) is 3.43. The molecule has 104 valence electrons. The molecule has 1 aliphatic heterocycles. The van der Waals surface area contributed by atoms with E-state index in [4.69, 9.17) is 33.7 Å². The van der Waals surface area contributed by atoms with E-state index in [9.17, 15) is 4.79 Å². The second kappa shape index (κ2) is 5.86. The molecule has 1 fully saturated rings. The predicted octanol–water partition coefficient (Wildman–Crippen LogP) is 1.53. The van der Waals surface area contributed by atoms with Gasteiger partial charge in [-0.15, -0.1) is 0 Å². The molecule has 1 heterocycles. The average Bonchev–Trinajstić information content (AvgIpc) is 2.42. The quantitative estimate of drug-likeness (QED) is 0.813. The van der Waals surface area contributed by atoms with Crippen LogP contribution in [0.25, 0.3) is 0 Å². The van der Waals surface area contributed by atoms with Crippen LogP contribution in [0, 0.1) is 0 Å². The number of halogens is 2. The number of carbonyl (C=O) groups is 1. The topological polar surface area (TPSA) is 67.6 Å². The van der Waals surface area contributed by atoms with Gasteiger partial charge in [0.1, 0.15) is 6.04 Å². The molecule has 1 amide bonds. The number of rotatable bonds is 2. The van der Waals surface area contributed by atoms with E-state index in [0.29, 0.717) is 41.2 Å². The minimum atomic E-state index is -0.418. The maximum Gasteiger partial charge on any atom is 0.244 e. The molecule has 1 saturated heterocycles. The molecule has 19 heavy (non-hydrogen) atoms. The molecular weight excluding hydrogens is 289 g/mol. The molecule has 7 heteroatoms. The SMILES string of the molecule is CNC(=O)C1COCCN1c1cc(Cl)c(Cl)cc1N. The molecule has 3 N–H and O–H groups in total. The lowest BCUT2D eigenvalue weighted by molar-refractivity contribution is -0.124. The number of nitrogens with one attached hydrogen (secondary N) is 1. The van der Waals surface area contributed by atoms with Gasteiger partial charge in [-0.3, -0.25) is 4.79 Å². The number of carbonyl (C=O) groups excluding carboxylic acids is 1. The Kier molecular flexibility index (Phi) is 4.39. The van der Waals surface area contributed by atoms with Gasteiger partial charge in [-0.25, -0.2) is 0 Å². The summed E-state index contributed by atoms with van der Waals surface area (Å²) < 4.78 is 5.35. The maximum absolute atomic E-state index is 11.9. The fourth-order valence-corrected chi connectivity index (χ4v) is 2.41. The summed E-state index contributed by atoms with van der Waals surface area (Å²) in [4.78, 5) is 13.8. The number of amides is 1. The molecule has 1 atom stereocenters. The van der Waals surface area contributed by atoms with Crippen LogP contribution in [-0.4, -0.2) is 38.8 Å². The lowest BCUT2D eigenvalue weighted by Crippen LogP contribution is -2.53.